The Morgan fingerprint density at radius 1 is 1.21 bits per heavy atom. The number of rotatable bonds is 5. The van der Waals surface area contributed by atoms with Crippen molar-refractivity contribution in [2.24, 2.45) is 0 Å². The van der Waals surface area contributed by atoms with Crippen molar-refractivity contribution < 1.29 is 9.13 Å². The molecule has 1 aromatic carbocycles. The van der Waals surface area contributed by atoms with Crippen LogP contribution in [-0.2, 0) is 6.54 Å². The largest absolute Gasteiger partial charge is 0.494 e. The summed E-state index contributed by atoms with van der Waals surface area (Å²) < 4.78 is 23.7. The molecule has 1 unspecified atom stereocenters. The Balaban J connectivity index is 1.42. The summed E-state index contributed by atoms with van der Waals surface area (Å²) in [7, 11) is 1.63. The first-order chi connectivity index (χ1) is 16.0. The zero-order chi connectivity index (χ0) is 22.9. The van der Waals surface area contributed by atoms with Gasteiger partial charge in [-0.25, -0.2) is 19.0 Å². The van der Waals surface area contributed by atoms with Crippen LogP contribution in [0.3, 0.4) is 0 Å². The van der Waals surface area contributed by atoms with E-state index in [9.17, 15) is 4.39 Å². The maximum atomic E-state index is 13.6. The number of nitrogens with zero attached hydrogens (tertiary/aromatic N) is 6. The molecule has 0 amide bonds. The molecule has 0 radical (unpaired) electrons. The summed E-state index contributed by atoms with van der Waals surface area (Å²) in [5.74, 6) is 2.01. The predicted octanol–water partition coefficient (Wildman–Crippen LogP) is 5.17. The van der Waals surface area contributed by atoms with E-state index in [0.717, 1.165) is 52.3 Å². The minimum Gasteiger partial charge on any atom is -0.494 e. The van der Waals surface area contributed by atoms with E-state index < -0.39 is 0 Å². The zero-order valence-electron chi connectivity index (χ0n) is 18.2. The van der Waals surface area contributed by atoms with Gasteiger partial charge in [-0.1, -0.05) is 22.0 Å². The first kappa shape index (κ1) is 21.5. The third kappa shape index (κ3) is 4.32. The first-order valence-corrected chi connectivity index (χ1v) is 11.4. The minimum atomic E-state index is -0.261. The summed E-state index contributed by atoms with van der Waals surface area (Å²) >= 11 is 3.50. The van der Waals surface area contributed by atoms with Crippen LogP contribution >= 0.6 is 15.9 Å². The van der Waals surface area contributed by atoms with Crippen LogP contribution in [0.5, 0.6) is 5.75 Å². The van der Waals surface area contributed by atoms with Gasteiger partial charge >= 0.3 is 0 Å². The Bertz CT molecular complexity index is 1340. The summed E-state index contributed by atoms with van der Waals surface area (Å²) in [6, 6.07) is 6.68. The van der Waals surface area contributed by atoms with Gasteiger partial charge < -0.3 is 9.30 Å². The Morgan fingerprint density at radius 2 is 2.09 bits per heavy atom. The molecule has 168 valence electrons. The molecule has 0 aliphatic carbocycles. The molecule has 33 heavy (non-hydrogen) atoms. The van der Waals surface area contributed by atoms with Crippen LogP contribution in [0.1, 0.15) is 47.4 Å². The SMILES string of the molecule is COc1cc(/C=C/c2nc3n(n2)CCCC3c2ccc(F)cc2Br)ncc1-n1cnc(C)c1. The molecule has 0 N–H and O–H groups in total. The molecule has 4 heterocycles. The lowest BCUT2D eigenvalue weighted by molar-refractivity contribution is 0.412. The monoisotopic (exact) mass is 508 g/mol. The van der Waals surface area contributed by atoms with Crippen LogP contribution in [0.15, 0.2) is 47.5 Å². The summed E-state index contributed by atoms with van der Waals surface area (Å²) in [5.41, 5.74) is 3.50. The molecule has 5 rings (SSSR count). The smallest absolute Gasteiger partial charge is 0.174 e. The quantitative estimate of drug-likeness (QED) is 0.371. The first-order valence-electron chi connectivity index (χ1n) is 10.6. The van der Waals surface area contributed by atoms with E-state index in [1.165, 1.54) is 12.1 Å². The number of hydrogen-bond acceptors (Lipinski definition) is 5. The number of halogens is 2. The van der Waals surface area contributed by atoms with E-state index in [1.54, 1.807) is 19.6 Å². The van der Waals surface area contributed by atoms with Crippen molar-refractivity contribution in [3.63, 3.8) is 0 Å². The lowest BCUT2D eigenvalue weighted by Gasteiger charge is -2.23. The van der Waals surface area contributed by atoms with E-state index in [1.807, 2.05) is 46.7 Å². The number of hydrogen-bond donors (Lipinski definition) is 0. The maximum Gasteiger partial charge on any atom is 0.174 e. The van der Waals surface area contributed by atoms with Crippen molar-refractivity contribution in [3.8, 4) is 11.4 Å². The van der Waals surface area contributed by atoms with Crippen molar-refractivity contribution in [2.75, 3.05) is 7.11 Å². The van der Waals surface area contributed by atoms with E-state index in [2.05, 4.69) is 31.0 Å². The van der Waals surface area contributed by atoms with Gasteiger partial charge in [0.2, 0.25) is 0 Å². The Labute approximate surface area is 199 Å². The van der Waals surface area contributed by atoms with Crippen molar-refractivity contribution in [2.45, 2.75) is 32.2 Å². The number of aromatic nitrogens is 6. The predicted molar refractivity (Wildman–Crippen MR) is 127 cm³/mol. The lowest BCUT2D eigenvalue weighted by atomic mass is 9.91. The average Bonchev–Trinajstić information content (AvgIpc) is 3.43. The number of aryl methyl sites for hydroxylation is 2. The highest BCUT2D eigenvalue weighted by molar-refractivity contribution is 9.10. The number of pyridine rings is 1. The Hall–Kier alpha value is -3.33. The van der Waals surface area contributed by atoms with E-state index in [0.29, 0.717) is 11.6 Å². The van der Waals surface area contributed by atoms with Gasteiger partial charge in [-0.15, -0.1) is 0 Å². The lowest BCUT2D eigenvalue weighted by Crippen LogP contribution is -2.18. The Kier molecular flexibility index (Phi) is 5.80. The molecule has 1 atom stereocenters. The van der Waals surface area contributed by atoms with Gasteiger partial charge in [-0.05, 0) is 49.6 Å². The topological polar surface area (TPSA) is 70.7 Å². The maximum absolute atomic E-state index is 13.6. The molecule has 7 nitrogen and oxygen atoms in total. The van der Waals surface area contributed by atoms with Gasteiger partial charge in [0.05, 0.1) is 31.0 Å². The highest BCUT2D eigenvalue weighted by Crippen LogP contribution is 2.36. The summed E-state index contributed by atoms with van der Waals surface area (Å²) in [6.45, 7) is 2.75. The molecule has 0 spiro atoms. The molecule has 1 aliphatic rings. The van der Waals surface area contributed by atoms with Gasteiger partial charge in [-0.2, -0.15) is 5.10 Å². The molecule has 0 bridgehead atoms. The van der Waals surface area contributed by atoms with E-state index >= 15 is 0 Å². The third-order valence-corrected chi connectivity index (χ3v) is 6.40. The second-order valence-electron chi connectivity index (χ2n) is 7.95. The molecule has 0 saturated heterocycles. The molecule has 0 saturated carbocycles. The normalized spacial score (nSPS) is 15.7. The highest BCUT2D eigenvalue weighted by atomic mass is 79.9. The van der Waals surface area contributed by atoms with Crippen LogP contribution in [0, 0.1) is 12.7 Å². The molecule has 0 fully saturated rings. The molecular weight excluding hydrogens is 487 g/mol. The fraction of sp³-hybridized carbons (Fsp3) is 0.250. The van der Waals surface area contributed by atoms with Crippen LogP contribution in [0.25, 0.3) is 17.8 Å². The highest BCUT2D eigenvalue weighted by Gasteiger charge is 2.27. The van der Waals surface area contributed by atoms with Crippen LogP contribution in [0.2, 0.25) is 0 Å². The van der Waals surface area contributed by atoms with Crippen LogP contribution in [-0.4, -0.2) is 36.4 Å². The minimum absolute atomic E-state index is 0.0690. The summed E-state index contributed by atoms with van der Waals surface area (Å²) in [4.78, 5) is 13.6. The molecule has 3 aromatic heterocycles. The number of ether oxygens (including phenoxy) is 1. The number of methoxy groups -OCH3 is 1. The fourth-order valence-electron chi connectivity index (χ4n) is 4.12. The second-order valence-corrected chi connectivity index (χ2v) is 8.80. The fourth-order valence-corrected chi connectivity index (χ4v) is 4.75. The molecule has 9 heteroatoms. The van der Waals surface area contributed by atoms with Crippen LogP contribution in [0.4, 0.5) is 4.39 Å². The van der Waals surface area contributed by atoms with Gasteiger partial charge in [-0.3, -0.25) is 4.98 Å². The molecule has 4 aromatic rings. The van der Waals surface area contributed by atoms with E-state index in [4.69, 9.17) is 9.72 Å². The van der Waals surface area contributed by atoms with Crippen molar-refractivity contribution in [3.05, 3.63) is 81.9 Å². The molecule has 1 aliphatic heterocycles. The van der Waals surface area contributed by atoms with Gasteiger partial charge in [0.1, 0.15) is 23.1 Å². The number of benzene rings is 1. The Morgan fingerprint density at radius 3 is 2.85 bits per heavy atom. The number of fused-ring (bicyclic) bond motifs is 1. The average molecular weight is 509 g/mol. The summed E-state index contributed by atoms with van der Waals surface area (Å²) in [5, 5.41) is 4.66. The standard InChI is InChI=1S/C24H22BrFN6O/c1-15-13-31(14-28-15)21-12-27-17(11-22(21)33-2)6-8-23-29-24-19(4-3-9-32(24)30-23)18-7-5-16(26)10-20(18)25/h5-8,10-14,19H,3-4,9H2,1-2H3/b8-6+. The van der Waals surface area contributed by atoms with Gasteiger partial charge in [0, 0.05) is 29.2 Å². The second kappa shape index (κ2) is 8.90. The third-order valence-electron chi connectivity index (χ3n) is 5.71. The van der Waals surface area contributed by atoms with E-state index in [-0.39, 0.29) is 11.7 Å². The number of imidazole rings is 1. The van der Waals surface area contributed by atoms with Gasteiger partial charge in [0.15, 0.2) is 5.82 Å². The van der Waals surface area contributed by atoms with Crippen LogP contribution < -0.4 is 4.74 Å². The summed E-state index contributed by atoms with van der Waals surface area (Å²) in [6.07, 6.45) is 11.1. The van der Waals surface area contributed by atoms with Crippen molar-refractivity contribution in [1.82, 2.24) is 29.3 Å². The van der Waals surface area contributed by atoms with Crippen molar-refractivity contribution in [1.29, 1.82) is 0 Å². The zero-order valence-corrected chi connectivity index (χ0v) is 19.8. The van der Waals surface area contributed by atoms with Crippen molar-refractivity contribution >= 4 is 28.1 Å². The molecular formula is C24H22BrFN6O. The van der Waals surface area contributed by atoms with Gasteiger partial charge in [0.25, 0.3) is 0 Å².